The van der Waals surface area contributed by atoms with Gasteiger partial charge >= 0.3 is 0 Å². The topological polar surface area (TPSA) is 26.3 Å². The van der Waals surface area contributed by atoms with Crippen LogP contribution in [0.25, 0.3) is 0 Å². The average molecular weight is 242 g/mol. The average Bonchev–Trinajstić information content (AvgIpc) is 2.22. The van der Waals surface area contributed by atoms with Gasteiger partial charge in [-0.2, -0.15) is 0 Å². The van der Waals surface area contributed by atoms with Crippen LogP contribution in [0.2, 0.25) is 0 Å². The molecule has 0 saturated carbocycles. The van der Waals surface area contributed by atoms with Gasteiger partial charge in [0.25, 0.3) is 0 Å². The summed E-state index contributed by atoms with van der Waals surface area (Å²) in [6.45, 7) is 10.4. The summed E-state index contributed by atoms with van der Waals surface area (Å²) in [5, 5.41) is 0. The maximum Gasteiger partial charge on any atom is 0.132 e. The van der Waals surface area contributed by atoms with E-state index in [1.54, 1.807) is 0 Å². The van der Waals surface area contributed by atoms with Crippen LogP contribution in [0.5, 0.6) is 0 Å². The second kappa shape index (κ2) is 10.8. The second-order valence-electron chi connectivity index (χ2n) is 5.72. The van der Waals surface area contributed by atoms with E-state index < -0.39 is 0 Å². The molecule has 2 heteroatoms. The Balaban J connectivity index is 3.22. The Bertz CT molecular complexity index is 185. The van der Waals surface area contributed by atoms with Crippen molar-refractivity contribution in [3.05, 3.63) is 0 Å². The van der Waals surface area contributed by atoms with Crippen molar-refractivity contribution in [1.82, 2.24) is 0 Å². The zero-order chi connectivity index (χ0) is 13.1. The van der Waals surface area contributed by atoms with Crippen molar-refractivity contribution in [2.24, 2.45) is 11.8 Å². The van der Waals surface area contributed by atoms with Gasteiger partial charge in [0, 0.05) is 26.1 Å². The molecule has 0 aliphatic heterocycles. The van der Waals surface area contributed by atoms with Gasteiger partial charge in [0.2, 0.25) is 0 Å². The summed E-state index contributed by atoms with van der Waals surface area (Å²) in [4.78, 5) is 11.5. The zero-order valence-corrected chi connectivity index (χ0v) is 12.1. The summed E-state index contributed by atoms with van der Waals surface area (Å²) >= 11 is 0. The molecule has 17 heavy (non-hydrogen) atoms. The molecule has 0 aliphatic carbocycles. The molecule has 0 aromatic heterocycles. The maximum absolute atomic E-state index is 11.5. The Morgan fingerprint density at radius 1 is 0.882 bits per heavy atom. The van der Waals surface area contributed by atoms with E-state index in [9.17, 15) is 4.79 Å². The molecule has 0 amide bonds. The molecule has 0 aromatic carbocycles. The molecule has 0 heterocycles. The lowest BCUT2D eigenvalue weighted by Gasteiger charge is -2.06. The molecule has 0 aliphatic rings. The largest absolute Gasteiger partial charge is 0.381 e. The predicted octanol–water partition coefficient (Wildman–Crippen LogP) is 4.22. The van der Waals surface area contributed by atoms with Crippen molar-refractivity contribution in [1.29, 1.82) is 0 Å². The second-order valence-corrected chi connectivity index (χ2v) is 5.72. The third-order valence-electron chi connectivity index (χ3n) is 2.82. The van der Waals surface area contributed by atoms with Gasteiger partial charge in [-0.05, 0) is 31.1 Å². The van der Waals surface area contributed by atoms with Crippen LogP contribution in [0.4, 0.5) is 0 Å². The van der Waals surface area contributed by atoms with E-state index >= 15 is 0 Å². The molecule has 0 N–H and O–H groups in total. The van der Waals surface area contributed by atoms with Crippen molar-refractivity contribution in [2.75, 3.05) is 13.2 Å². The first kappa shape index (κ1) is 16.6. The number of rotatable bonds is 11. The van der Waals surface area contributed by atoms with Crippen molar-refractivity contribution in [2.45, 2.75) is 66.2 Å². The van der Waals surface area contributed by atoms with Crippen LogP contribution >= 0.6 is 0 Å². The minimum Gasteiger partial charge on any atom is -0.381 e. The van der Waals surface area contributed by atoms with Crippen molar-refractivity contribution >= 4 is 5.78 Å². The SMILES string of the molecule is CC(C)CCCC(=O)CCCOCCC(C)C. The van der Waals surface area contributed by atoms with Gasteiger partial charge in [0.1, 0.15) is 5.78 Å². The summed E-state index contributed by atoms with van der Waals surface area (Å²) in [7, 11) is 0. The molecule has 0 spiro atoms. The smallest absolute Gasteiger partial charge is 0.132 e. The summed E-state index contributed by atoms with van der Waals surface area (Å²) in [6, 6.07) is 0. The van der Waals surface area contributed by atoms with Gasteiger partial charge in [-0.15, -0.1) is 0 Å². The lowest BCUT2D eigenvalue weighted by molar-refractivity contribution is -0.119. The van der Waals surface area contributed by atoms with Crippen LogP contribution in [-0.4, -0.2) is 19.0 Å². The van der Waals surface area contributed by atoms with E-state index in [0.717, 1.165) is 45.3 Å². The van der Waals surface area contributed by atoms with Crippen molar-refractivity contribution in [3.8, 4) is 0 Å². The number of Topliss-reactive ketones (excluding diaryl/α,β-unsaturated/α-hetero) is 1. The highest BCUT2D eigenvalue weighted by Gasteiger charge is 2.03. The van der Waals surface area contributed by atoms with Gasteiger partial charge < -0.3 is 4.74 Å². The van der Waals surface area contributed by atoms with Crippen LogP contribution in [0, 0.1) is 11.8 Å². The third-order valence-corrected chi connectivity index (χ3v) is 2.82. The molecule has 0 unspecified atom stereocenters. The van der Waals surface area contributed by atoms with Crippen molar-refractivity contribution < 1.29 is 9.53 Å². The summed E-state index contributed by atoms with van der Waals surface area (Å²) in [6.07, 6.45) is 5.66. The Morgan fingerprint density at radius 3 is 2.06 bits per heavy atom. The van der Waals surface area contributed by atoms with Gasteiger partial charge in [-0.1, -0.05) is 34.1 Å². The van der Waals surface area contributed by atoms with E-state index in [0.29, 0.717) is 24.0 Å². The Morgan fingerprint density at radius 2 is 1.47 bits per heavy atom. The summed E-state index contributed by atoms with van der Waals surface area (Å²) < 4.78 is 5.49. The number of carbonyl (C=O) groups excluding carboxylic acids is 1. The lowest BCUT2D eigenvalue weighted by Crippen LogP contribution is -2.04. The van der Waals surface area contributed by atoms with E-state index in [4.69, 9.17) is 4.74 Å². The number of ether oxygens (including phenoxy) is 1. The minimum atomic E-state index is 0.401. The molecule has 0 atom stereocenters. The Kier molecular flexibility index (Phi) is 10.5. The van der Waals surface area contributed by atoms with Crippen LogP contribution in [0.15, 0.2) is 0 Å². The number of hydrogen-bond donors (Lipinski definition) is 0. The van der Waals surface area contributed by atoms with Crippen LogP contribution in [0.1, 0.15) is 66.2 Å². The van der Waals surface area contributed by atoms with Gasteiger partial charge in [-0.25, -0.2) is 0 Å². The Labute approximate surface area is 107 Å². The number of ketones is 1. The molecule has 0 aromatic rings. The monoisotopic (exact) mass is 242 g/mol. The molecule has 102 valence electrons. The van der Waals surface area contributed by atoms with Crippen LogP contribution in [-0.2, 0) is 9.53 Å². The lowest BCUT2D eigenvalue weighted by atomic mass is 10.0. The highest BCUT2D eigenvalue weighted by molar-refractivity contribution is 5.78. The van der Waals surface area contributed by atoms with Gasteiger partial charge in [0.05, 0.1) is 0 Å². The highest BCUT2D eigenvalue weighted by atomic mass is 16.5. The molecule has 2 nitrogen and oxygen atoms in total. The molecule has 0 radical (unpaired) electrons. The first-order chi connectivity index (χ1) is 8.02. The van der Waals surface area contributed by atoms with Crippen molar-refractivity contribution in [3.63, 3.8) is 0 Å². The maximum atomic E-state index is 11.5. The van der Waals surface area contributed by atoms with E-state index in [-0.39, 0.29) is 0 Å². The fourth-order valence-electron chi connectivity index (χ4n) is 1.62. The highest BCUT2D eigenvalue weighted by Crippen LogP contribution is 2.08. The normalized spacial score (nSPS) is 11.4. The predicted molar refractivity (Wildman–Crippen MR) is 73.2 cm³/mol. The Hall–Kier alpha value is -0.370. The summed E-state index contributed by atoms with van der Waals surface area (Å²) in [5.74, 6) is 1.81. The third kappa shape index (κ3) is 13.6. The molecule has 0 saturated heterocycles. The zero-order valence-electron chi connectivity index (χ0n) is 12.1. The minimum absolute atomic E-state index is 0.401. The van der Waals surface area contributed by atoms with Gasteiger partial charge in [-0.3, -0.25) is 4.79 Å². The molecule has 0 fully saturated rings. The molecular weight excluding hydrogens is 212 g/mol. The molecule has 0 rings (SSSR count). The van der Waals surface area contributed by atoms with E-state index in [1.165, 1.54) is 0 Å². The first-order valence-electron chi connectivity index (χ1n) is 7.11. The van der Waals surface area contributed by atoms with E-state index in [1.807, 2.05) is 0 Å². The fraction of sp³-hybridized carbons (Fsp3) is 0.933. The van der Waals surface area contributed by atoms with Crippen LogP contribution in [0.3, 0.4) is 0 Å². The standard InChI is InChI=1S/C15H30O2/c1-13(2)7-5-8-15(16)9-6-11-17-12-10-14(3)4/h13-14H,5-12H2,1-4H3. The first-order valence-corrected chi connectivity index (χ1v) is 7.11. The number of hydrogen-bond acceptors (Lipinski definition) is 2. The van der Waals surface area contributed by atoms with Crippen LogP contribution < -0.4 is 0 Å². The fourth-order valence-corrected chi connectivity index (χ4v) is 1.62. The quantitative estimate of drug-likeness (QED) is 0.507. The van der Waals surface area contributed by atoms with Gasteiger partial charge in [0.15, 0.2) is 0 Å². The molecule has 0 bridgehead atoms. The molecular formula is C15H30O2. The van der Waals surface area contributed by atoms with E-state index in [2.05, 4.69) is 27.7 Å². The number of carbonyl (C=O) groups is 1. The summed E-state index contributed by atoms with van der Waals surface area (Å²) in [5.41, 5.74) is 0.